The van der Waals surface area contributed by atoms with E-state index in [1.807, 2.05) is 42.5 Å². The van der Waals surface area contributed by atoms with Gasteiger partial charge in [-0.25, -0.2) is 9.79 Å². The minimum atomic E-state index is -0.837. The summed E-state index contributed by atoms with van der Waals surface area (Å²) in [5.74, 6) is 0.969. The van der Waals surface area contributed by atoms with Crippen molar-refractivity contribution in [3.63, 3.8) is 0 Å². The average Bonchev–Trinajstić information content (AvgIpc) is 3.33. The van der Waals surface area contributed by atoms with E-state index in [0.717, 1.165) is 11.1 Å². The number of halogens is 1. The van der Waals surface area contributed by atoms with E-state index in [1.54, 1.807) is 38.1 Å². The van der Waals surface area contributed by atoms with Crippen LogP contribution in [-0.4, -0.2) is 31.4 Å². The first-order chi connectivity index (χ1) is 21.3. The number of methoxy groups -OCH3 is 2. The van der Waals surface area contributed by atoms with Crippen molar-refractivity contribution in [2.45, 2.75) is 26.5 Å². The summed E-state index contributed by atoms with van der Waals surface area (Å²) < 4.78 is 24.9. The monoisotopic (exact) mass is 673 g/mol. The number of hydrogen-bond acceptors (Lipinski definition) is 9. The fourth-order valence-corrected chi connectivity index (χ4v) is 6.51. The van der Waals surface area contributed by atoms with E-state index in [4.69, 9.17) is 18.9 Å². The Morgan fingerprint density at radius 3 is 2.59 bits per heavy atom. The summed E-state index contributed by atoms with van der Waals surface area (Å²) in [5.41, 5.74) is 3.08. The number of allylic oxidation sites excluding steroid dienone is 1. The zero-order chi connectivity index (χ0) is 31.4. The molecule has 0 saturated carbocycles. The lowest BCUT2D eigenvalue weighted by Gasteiger charge is -2.26. The van der Waals surface area contributed by atoms with Crippen molar-refractivity contribution in [2.24, 2.45) is 4.99 Å². The highest BCUT2D eigenvalue weighted by atomic mass is 79.9. The number of aromatic nitrogens is 1. The summed E-state index contributed by atoms with van der Waals surface area (Å²) in [5, 5.41) is 9.37. The highest BCUT2D eigenvalue weighted by Crippen LogP contribution is 2.40. The summed E-state index contributed by atoms with van der Waals surface area (Å²) >= 11 is 4.84. The molecule has 0 fully saturated rings. The molecule has 4 aromatic rings. The number of carbonyl (C=O) groups excluding carboxylic acids is 1. The Morgan fingerprint density at radius 1 is 1.11 bits per heavy atom. The average molecular weight is 675 g/mol. The van der Waals surface area contributed by atoms with Gasteiger partial charge in [-0.05, 0) is 61.4 Å². The molecule has 0 spiro atoms. The Kier molecular flexibility index (Phi) is 9.32. The molecule has 0 radical (unpaired) electrons. The van der Waals surface area contributed by atoms with Crippen LogP contribution >= 0.6 is 27.3 Å². The van der Waals surface area contributed by atoms with Gasteiger partial charge in [0.25, 0.3) is 5.56 Å². The number of nitriles is 1. The fourth-order valence-electron chi connectivity index (χ4n) is 4.93. The summed E-state index contributed by atoms with van der Waals surface area (Å²) in [4.78, 5) is 32.4. The van der Waals surface area contributed by atoms with Gasteiger partial charge in [0, 0.05) is 10.0 Å². The molecular weight excluding hydrogens is 646 g/mol. The number of fused-ring (bicyclic) bond motifs is 1. The van der Waals surface area contributed by atoms with Crippen molar-refractivity contribution in [1.82, 2.24) is 4.57 Å². The van der Waals surface area contributed by atoms with Crippen LogP contribution in [0.15, 0.2) is 86.2 Å². The summed E-state index contributed by atoms with van der Waals surface area (Å²) in [7, 11) is 3.06. The lowest BCUT2D eigenvalue weighted by Crippen LogP contribution is -2.40. The van der Waals surface area contributed by atoms with Gasteiger partial charge in [-0.15, -0.1) is 0 Å². The van der Waals surface area contributed by atoms with Gasteiger partial charge in [0.1, 0.15) is 12.4 Å². The second kappa shape index (κ2) is 13.3. The number of nitrogens with zero attached hydrogens (tertiary/aromatic N) is 3. The molecule has 0 amide bonds. The van der Waals surface area contributed by atoms with Crippen LogP contribution in [0.3, 0.4) is 0 Å². The van der Waals surface area contributed by atoms with Crippen molar-refractivity contribution in [3.05, 3.63) is 118 Å². The Bertz CT molecular complexity index is 2010. The number of hydrogen-bond donors (Lipinski definition) is 0. The molecule has 0 aliphatic carbocycles. The van der Waals surface area contributed by atoms with Gasteiger partial charge >= 0.3 is 5.97 Å². The molecule has 1 aromatic heterocycles. The first-order valence-electron chi connectivity index (χ1n) is 13.6. The number of esters is 1. The van der Waals surface area contributed by atoms with Gasteiger partial charge in [0.2, 0.25) is 0 Å². The highest BCUT2D eigenvalue weighted by molar-refractivity contribution is 9.10. The summed E-state index contributed by atoms with van der Waals surface area (Å²) in [6.07, 6.45) is 1.77. The van der Waals surface area contributed by atoms with Crippen molar-refractivity contribution in [2.75, 3.05) is 20.8 Å². The van der Waals surface area contributed by atoms with Gasteiger partial charge in [-0.3, -0.25) is 9.36 Å². The molecule has 0 bridgehead atoms. The van der Waals surface area contributed by atoms with Crippen LogP contribution in [0.1, 0.15) is 42.1 Å². The Labute approximate surface area is 266 Å². The van der Waals surface area contributed by atoms with E-state index in [2.05, 4.69) is 27.0 Å². The quantitative estimate of drug-likeness (QED) is 0.229. The maximum Gasteiger partial charge on any atom is 0.338 e. The van der Waals surface area contributed by atoms with E-state index in [0.29, 0.717) is 47.9 Å². The molecule has 1 atom stereocenters. The van der Waals surface area contributed by atoms with Crippen molar-refractivity contribution in [3.8, 4) is 23.3 Å². The Balaban J connectivity index is 1.60. The topological polar surface area (TPSA) is 112 Å². The third-order valence-corrected chi connectivity index (χ3v) is 8.67. The molecule has 5 rings (SSSR count). The van der Waals surface area contributed by atoms with Gasteiger partial charge in [-0.1, -0.05) is 57.6 Å². The lowest BCUT2D eigenvalue weighted by molar-refractivity contribution is -0.139. The predicted octanol–water partition coefficient (Wildman–Crippen LogP) is 5.03. The first kappa shape index (κ1) is 30.8. The van der Waals surface area contributed by atoms with Crippen LogP contribution < -0.4 is 29.1 Å². The molecule has 2 heterocycles. The molecule has 3 aromatic carbocycles. The zero-order valence-corrected chi connectivity index (χ0v) is 26.8. The van der Waals surface area contributed by atoms with Gasteiger partial charge in [0.05, 0.1) is 54.3 Å². The third kappa shape index (κ3) is 6.04. The number of thiazole rings is 1. The van der Waals surface area contributed by atoms with E-state index < -0.39 is 12.0 Å². The fraction of sp³-hybridized carbons (Fsp3) is 0.212. The summed E-state index contributed by atoms with van der Waals surface area (Å²) in [6, 6.07) is 19.4. The smallest absolute Gasteiger partial charge is 0.338 e. The van der Waals surface area contributed by atoms with E-state index >= 15 is 0 Å². The third-order valence-electron chi connectivity index (χ3n) is 7.00. The highest BCUT2D eigenvalue weighted by Gasteiger charge is 2.35. The SMILES string of the molecule is CCOC(=O)C1=C(C)N=c2s/c(=C\c3cccc(OCc4ccccc4C#N)c3)c(=O)n2[C@@H]1c1cc(OC)c(OC)cc1Br. The van der Waals surface area contributed by atoms with E-state index in [9.17, 15) is 14.9 Å². The second-order valence-electron chi connectivity index (χ2n) is 9.66. The number of ether oxygens (including phenoxy) is 4. The minimum absolute atomic E-state index is 0.167. The maximum atomic E-state index is 14.1. The van der Waals surface area contributed by atoms with Crippen LogP contribution in [0, 0.1) is 11.3 Å². The van der Waals surface area contributed by atoms with Gasteiger partial charge in [-0.2, -0.15) is 5.26 Å². The largest absolute Gasteiger partial charge is 0.493 e. The minimum Gasteiger partial charge on any atom is -0.493 e. The van der Waals surface area contributed by atoms with E-state index in [1.165, 1.54) is 30.1 Å². The van der Waals surface area contributed by atoms with Crippen LogP contribution in [0.5, 0.6) is 17.2 Å². The van der Waals surface area contributed by atoms with Gasteiger partial charge in [0.15, 0.2) is 16.3 Å². The first-order valence-corrected chi connectivity index (χ1v) is 15.2. The molecule has 224 valence electrons. The Morgan fingerprint density at radius 2 is 1.86 bits per heavy atom. The Hall–Kier alpha value is -4.66. The molecule has 0 unspecified atom stereocenters. The second-order valence-corrected chi connectivity index (χ2v) is 11.5. The van der Waals surface area contributed by atoms with Gasteiger partial charge < -0.3 is 18.9 Å². The zero-order valence-electron chi connectivity index (χ0n) is 24.4. The van der Waals surface area contributed by atoms with Crippen molar-refractivity contribution < 1.29 is 23.7 Å². The van der Waals surface area contributed by atoms with Crippen LogP contribution in [0.25, 0.3) is 6.08 Å². The number of benzene rings is 3. The molecule has 1 aliphatic heterocycles. The summed E-state index contributed by atoms with van der Waals surface area (Å²) in [6.45, 7) is 3.85. The van der Waals surface area contributed by atoms with Crippen molar-refractivity contribution >= 4 is 39.3 Å². The predicted molar refractivity (Wildman–Crippen MR) is 170 cm³/mol. The van der Waals surface area contributed by atoms with E-state index in [-0.39, 0.29) is 24.3 Å². The molecule has 44 heavy (non-hydrogen) atoms. The van der Waals surface area contributed by atoms with Crippen LogP contribution in [0.4, 0.5) is 0 Å². The number of rotatable bonds is 9. The lowest BCUT2D eigenvalue weighted by atomic mass is 9.95. The van der Waals surface area contributed by atoms with Crippen molar-refractivity contribution in [1.29, 1.82) is 5.26 Å². The van der Waals surface area contributed by atoms with Crippen LogP contribution in [-0.2, 0) is 16.1 Å². The molecule has 9 nitrogen and oxygen atoms in total. The normalized spacial score (nSPS) is 14.4. The maximum absolute atomic E-state index is 14.1. The molecule has 0 saturated heterocycles. The van der Waals surface area contributed by atoms with Crippen LogP contribution in [0.2, 0.25) is 0 Å². The molecule has 0 N–H and O–H groups in total. The molecule has 11 heteroatoms. The standard InChI is InChI=1S/C33H28BrN3O6S/c1-5-42-32(39)29-19(2)36-33-37(30(29)24-15-26(40-3)27(41-4)16-25(24)34)31(38)28(44-33)14-20-9-8-12-23(13-20)43-18-22-11-7-6-10-21(22)17-35/h6-16,30H,5,18H2,1-4H3/b28-14-/t30-/m1/s1. The molecular formula is C33H28BrN3O6S. The molecule has 1 aliphatic rings. The number of carbonyl (C=O) groups is 1.